The lowest BCUT2D eigenvalue weighted by molar-refractivity contribution is 0.312. The van der Waals surface area contributed by atoms with Gasteiger partial charge in [0.05, 0.1) is 26.2 Å². The summed E-state index contributed by atoms with van der Waals surface area (Å²) in [5.41, 5.74) is 0.853. The van der Waals surface area contributed by atoms with E-state index in [2.05, 4.69) is 31.8 Å². The van der Waals surface area contributed by atoms with Crippen LogP contribution < -0.4 is 10.6 Å². The molecule has 3 radical (unpaired) electrons. The maximum atomic E-state index is 11.4. The molecule has 0 heterocycles. The van der Waals surface area contributed by atoms with E-state index >= 15 is 0 Å². The molecule has 1 unspecified atom stereocenters. The maximum absolute atomic E-state index is 11.4. The van der Waals surface area contributed by atoms with E-state index < -0.39 is 25.3 Å². The van der Waals surface area contributed by atoms with Gasteiger partial charge in [0.2, 0.25) is 0 Å². The molecule has 3 nitrogen and oxygen atoms in total. The van der Waals surface area contributed by atoms with E-state index in [4.69, 9.17) is 11.7 Å². The fraction of sp³-hybridized carbons (Fsp3) is 0.333. The number of rotatable bonds is 7. The van der Waals surface area contributed by atoms with Crippen LogP contribution in [0.4, 0.5) is 0 Å². The van der Waals surface area contributed by atoms with Crippen LogP contribution in [0.2, 0.25) is 19.6 Å². The average molecular weight is 391 g/mol. The second-order valence-corrected chi connectivity index (χ2v) is 18.3. The zero-order chi connectivity index (χ0) is 18.7. The largest absolute Gasteiger partial charge is 0.292 e. The van der Waals surface area contributed by atoms with E-state index in [1.54, 1.807) is 0 Å². The van der Waals surface area contributed by atoms with Gasteiger partial charge in [0, 0.05) is 16.7 Å². The molecule has 2 aromatic carbocycles. The zero-order valence-corrected chi connectivity index (χ0v) is 18.0. The highest BCUT2D eigenvalue weighted by Crippen LogP contribution is 2.54. The third kappa shape index (κ3) is 5.78. The summed E-state index contributed by atoms with van der Waals surface area (Å²) in [5.74, 6) is 0.958. The molecule has 0 aromatic heterocycles. The molecule has 7 heteroatoms. The Hall–Kier alpha value is -0.938. The van der Waals surface area contributed by atoms with E-state index in [0.29, 0.717) is 0 Å². The summed E-state index contributed by atoms with van der Waals surface area (Å²) in [6.07, 6.45) is 1.07. The Morgan fingerprint density at radius 1 is 1.00 bits per heavy atom. The first kappa shape index (κ1) is 20.4. The summed E-state index contributed by atoms with van der Waals surface area (Å²) in [6.45, 7) is 6.96. The number of hydrogen-bond acceptors (Lipinski definition) is 3. The first-order valence-electron chi connectivity index (χ1n) is 8.16. The van der Waals surface area contributed by atoms with Crippen molar-refractivity contribution in [1.29, 1.82) is 0 Å². The number of hydrogen-bond donors (Lipinski definition) is 0. The average Bonchev–Trinajstić information content (AvgIpc) is 2.52. The van der Waals surface area contributed by atoms with E-state index in [-0.39, 0.29) is 6.61 Å². The van der Waals surface area contributed by atoms with Crippen LogP contribution in [-0.2, 0) is 20.9 Å². The Morgan fingerprint density at radius 3 is 2.12 bits per heavy atom. The summed E-state index contributed by atoms with van der Waals surface area (Å²) in [6, 6.07) is 18.0. The predicted molar refractivity (Wildman–Crippen MR) is 113 cm³/mol. The predicted octanol–water partition coefficient (Wildman–Crippen LogP) is 3.09. The standard InChI is InChI=1S/C18H25BO3PSSi/c1-24(20,21)22-14-16-10-8-9-13-18(16)23(19,15-25(2,3)4)17-11-6-5-7-12-17/h5-13H,14-15H2,1-4H3. The minimum absolute atomic E-state index is 0.0203. The third-order valence-corrected chi connectivity index (χ3v) is 12.6. The second kappa shape index (κ2) is 7.75. The molecule has 133 valence electrons. The van der Waals surface area contributed by atoms with Crippen molar-refractivity contribution in [3.8, 4) is 0 Å². The molecule has 0 aliphatic heterocycles. The molecule has 0 fully saturated rings. The highest BCUT2D eigenvalue weighted by Gasteiger charge is 2.33. The summed E-state index contributed by atoms with van der Waals surface area (Å²) in [4.78, 5) is 0. The molecule has 0 saturated carbocycles. The molecule has 0 aliphatic carbocycles. The van der Waals surface area contributed by atoms with Crippen LogP contribution >= 0.6 is 7.14 Å². The molecule has 25 heavy (non-hydrogen) atoms. The molecule has 0 N–H and O–H groups in total. The molecule has 2 aromatic rings. The summed E-state index contributed by atoms with van der Waals surface area (Å²) in [7, 11) is -0.0000674. The van der Waals surface area contributed by atoms with Gasteiger partial charge in [0.1, 0.15) is 0 Å². The normalized spacial score (nSPS) is 14.9. The lowest BCUT2D eigenvalue weighted by atomic mass is 10.2. The van der Waals surface area contributed by atoms with Gasteiger partial charge in [0.15, 0.2) is 0 Å². The molecule has 1 atom stereocenters. The Balaban J connectivity index is 2.55. The molecule has 2 rings (SSSR count). The van der Waals surface area contributed by atoms with Gasteiger partial charge < -0.3 is 0 Å². The Morgan fingerprint density at radius 2 is 1.56 bits per heavy atom. The van der Waals surface area contributed by atoms with Crippen molar-refractivity contribution in [2.75, 3.05) is 12.0 Å². The monoisotopic (exact) mass is 391 g/mol. The van der Waals surface area contributed by atoms with Gasteiger partial charge in [-0.05, 0) is 18.2 Å². The van der Waals surface area contributed by atoms with Gasteiger partial charge in [-0.2, -0.15) is 15.6 Å². The highest BCUT2D eigenvalue weighted by molar-refractivity contribution is 8.09. The first-order chi connectivity index (χ1) is 11.5. The molecule has 0 amide bonds. The van der Waals surface area contributed by atoms with E-state index in [9.17, 15) is 8.42 Å². The fourth-order valence-corrected chi connectivity index (χ4v) is 12.7. The third-order valence-electron chi connectivity index (χ3n) is 3.79. The van der Waals surface area contributed by atoms with Gasteiger partial charge >= 0.3 is 0 Å². The lowest BCUT2D eigenvalue weighted by Crippen LogP contribution is -2.37. The molecule has 0 aliphatic rings. The topological polar surface area (TPSA) is 43.4 Å². The van der Waals surface area contributed by atoms with Crippen molar-refractivity contribution >= 4 is 43.5 Å². The van der Waals surface area contributed by atoms with Crippen LogP contribution in [0.1, 0.15) is 5.56 Å². The highest BCUT2D eigenvalue weighted by atomic mass is 32.2. The summed E-state index contributed by atoms with van der Waals surface area (Å²) >= 11 is 0. The molecule has 0 spiro atoms. The van der Waals surface area contributed by atoms with Crippen molar-refractivity contribution in [2.24, 2.45) is 0 Å². The van der Waals surface area contributed by atoms with Crippen LogP contribution in [0.5, 0.6) is 0 Å². The summed E-state index contributed by atoms with van der Waals surface area (Å²) in [5, 5.41) is 2.18. The first-order valence-corrected chi connectivity index (χ1v) is 15.7. The van der Waals surface area contributed by atoms with Gasteiger partial charge in [-0.15, -0.1) is 0 Å². The van der Waals surface area contributed by atoms with Crippen LogP contribution in [0.15, 0.2) is 54.6 Å². The maximum Gasteiger partial charge on any atom is 0.264 e. The van der Waals surface area contributed by atoms with Gasteiger partial charge in [-0.25, -0.2) is 0 Å². The van der Waals surface area contributed by atoms with Crippen LogP contribution in [0.25, 0.3) is 0 Å². The Labute approximate surface area is 154 Å². The Bertz CT molecular complexity index is 822. The van der Waals surface area contributed by atoms with Gasteiger partial charge in [-0.3, -0.25) is 11.7 Å². The van der Waals surface area contributed by atoms with Crippen LogP contribution in [0, 0.1) is 0 Å². The lowest BCUT2D eigenvalue weighted by Gasteiger charge is -2.42. The van der Waals surface area contributed by atoms with Crippen molar-refractivity contribution in [1.82, 2.24) is 0 Å². The minimum atomic E-state index is -3.50. The van der Waals surface area contributed by atoms with E-state index in [1.165, 1.54) is 0 Å². The van der Waals surface area contributed by atoms with Crippen molar-refractivity contribution < 1.29 is 12.6 Å². The van der Waals surface area contributed by atoms with Gasteiger partial charge in [0.25, 0.3) is 10.1 Å². The molecule has 0 saturated heterocycles. The minimum Gasteiger partial charge on any atom is -0.292 e. The van der Waals surface area contributed by atoms with Crippen LogP contribution in [-0.4, -0.2) is 36.1 Å². The smallest absolute Gasteiger partial charge is 0.264 e. The molecule has 0 bridgehead atoms. The SMILES string of the molecule is [B-][P+](C[Si](C)(C)C)(c1ccccc1)c1ccccc1COS(C)(=O)=O. The Kier molecular flexibility index (Phi) is 6.31. The van der Waals surface area contributed by atoms with Crippen LogP contribution in [0.3, 0.4) is 0 Å². The van der Waals surface area contributed by atoms with Crippen molar-refractivity contribution in [3.63, 3.8) is 0 Å². The number of benzene rings is 2. The van der Waals surface area contributed by atoms with Crippen molar-refractivity contribution in [3.05, 3.63) is 60.2 Å². The van der Waals surface area contributed by atoms with Crippen molar-refractivity contribution in [2.45, 2.75) is 26.2 Å². The molecular weight excluding hydrogens is 366 g/mol. The second-order valence-electron chi connectivity index (χ2n) is 7.52. The molecular formula is C18H25BO3PSSi. The zero-order valence-electron chi connectivity index (χ0n) is 15.3. The quantitative estimate of drug-likeness (QED) is 0.414. The van der Waals surface area contributed by atoms with E-state index in [0.717, 1.165) is 28.2 Å². The van der Waals surface area contributed by atoms with E-state index in [1.807, 2.05) is 42.5 Å². The fourth-order valence-electron chi connectivity index (χ4n) is 2.95. The summed E-state index contributed by atoms with van der Waals surface area (Å²) < 4.78 is 27.9. The van der Waals surface area contributed by atoms with Gasteiger partial charge in [-0.1, -0.05) is 56.0 Å².